The van der Waals surface area contributed by atoms with E-state index in [4.69, 9.17) is 0 Å². The first-order chi connectivity index (χ1) is 14.2. The molecule has 0 aliphatic rings. The highest BCUT2D eigenvalue weighted by atomic mass is 16.1. The Morgan fingerprint density at radius 2 is 1.69 bits per heavy atom. The minimum Gasteiger partial charge on any atom is -0.325 e. The molecule has 0 saturated carbocycles. The molecule has 0 saturated heterocycles. The highest BCUT2D eigenvalue weighted by Crippen LogP contribution is 2.28. The first kappa shape index (κ1) is 17.1. The van der Waals surface area contributed by atoms with Gasteiger partial charge in [-0.25, -0.2) is 4.98 Å². The molecule has 0 aliphatic heterocycles. The number of fused-ring (bicyclic) bond motifs is 2. The van der Waals surface area contributed by atoms with Gasteiger partial charge in [-0.15, -0.1) is 0 Å². The number of hydrogen-bond acceptors (Lipinski definition) is 4. The molecule has 5 rings (SSSR count). The van der Waals surface area contributed by atoms with E-state index in [1.165, 1.54) is 0 Å². The number of nitrogens with zero attached hydrogens (tertiary/aromatic N) is 2. The van der Waals surface area contributed by atoms with Crippen LogP contribution in [0.4, 0.5) is 11.6 Å². The molecule has 5 heteroatoms. The Hall–Kier alpha value is -3.99. The van der Waals surface area contributed by atoms with E-state index in [1.807, 2.05) is 55.5 Å². The summed E-state index contributed by atoms with van der Waals surface area (Å²) < 4.78 is 0. The lowest BCUT2D eigenvalue weighted by atomic mass is 10.00. The largest absolute Gasteiger partial charge is 0.325 e. The lowest BCUT2D eigenvalue weighted by molar-refractivity contribution is 1.14. The van der Waals surface area contributed by atoms with E-state index in [9.17, 15) is 4.79 Å². The third-order valence-corrected chi connectivity index (χ3v) is 5.07. The Labute approximate surface area is 167 Å². The van der Waals surface area contributed by atoms with Gasteiger partial charge in [-0.1, -0.05) is 54.6 Å². The summed E-state index contributed by atoms with van der Waals surface area (Å²) in [7, 11) is 0. The zero-order chi connectivity index (χ0) is 19.8. The van der Waals surface area contributed by atoms with Crippen molar-refractivity contribution in [3.8, 4) is 11.1 Å². The number of aryl methyl sites for hydroxylation is 1. The molecule has 0 aliphatic carbocycles. The molecule has 0 spiro atoms. The van der Waals surface area contributed by atoms with Crippen molar-refractivity contribution in [1.82, 2.24) is 15.0 Å². The summed E-state index contributed by atoms with van der Waals surface area (Å²) in [5.41, 5.74) is 3.92. The van der Waals surface area contributed by atoms with Gasteiger partial charge in [0.05, 0.1) is 5.39 Å². The molecule has 2 N–H and O–H groups in total. The Morgan fingerprint density at radius 1 is 0.897 bits per heavy atom. The number of aromatic nitrogens is 3. The molecule has 3 aromatic carbocycles. The summed E-state index contributed by atoms with van der Waals surface area (Å²) >= 11 is 0. The predicted molar refractivity (Wildman–Crippen MR) is 118 cm³/mol. The molecule has 0 unspecified atom stereocenters. The molecule has 5 aromatic rings. The second-order valence-electron chi connectivity index (χ2n) is 6.97. The van der Waals surface area contributed by atoms with E-state index in [-0.39, 0.29) is 5.56 Å². The average molecular weight is 378 g/mol. The van der Waals surface area contributed by atoms with Crippen LogP contribution in [0.3, 0.4) is 0 Å². The Bertz CT molecular complexity index is 1420. The number of pyridine rings is 1. The average Bonchev–Trinajstić information content (AvgIpc) is 2.74. The van der Waals surface area contributed by atoms with Crippen LogP contribution in [0.5, 0.6) is 0 Å². The van der Waals surface area contributed by atoms with Crippen LogP contribution in [0.15, 0.2) is 83.8 Å². The summed E-state index contributed by atoms with van der Waals surface area (Å²) in [6, 6.07) is 24.0. The summed E-state index contributed by atoms with van der Waals surface area (Å²) in [4.78, 5) is 24.7. The summed E-state index contributed by atoms with van der Waals surface area (Å²) in [6.07, 6.45) is 1.69. The molecule has 2 aromatic heterocycles. The van der Waals surface area contributed by atoms with Crippen molar-refractivity contribution in [2.45, 2.75) is 6.92 Å². The summed E-state index contributed by atoms with van der Waals surface area (Å²) in [6.45, 7) is 2.00. The molecule has 5 nitrogen and oxygen atoms in total. The molecule has 140 valence electrons. The standard InChI is InChI=1S/C24H18N4O/c1-15-6-2-5-9-20(15)26-24-27-22-21(23(29)28-24)19(12-13-25-22)18-11-10-16-7-3-4-8-17(16)14-18/h2-14H,1H3,(H2,25,26,27,28,29). The SMILES string of the molecule is Cc1ccccc1Nc1nc2nccc(-c3ccc4ccccc4c3)c2c(=O)[nH]1. The van der Waals surface area contributed by atoms with E-state index in [0.717, 1.165) is 33.2 Å². The second-order valence-corrected chi connectivity index (χ2v) is 6.97. The molecule has 0 amide bonds. The van der Waals surface area contributed by atoms with E-state index >= 15 is 0 Å². The van der Waals surface area contributed by atoms with Gasteiger partial charge < -0.3 is 5.32 Å². The van der Waals surface area contributed by atoms with Crippen LogP contribution in [0, 0.1) is 6.92 Å². The fraction of sp³-hybridized carbons (Fsp3) is 0.0417. The number of benzene rings is 3. The predicted octanol–water partition coefficient (Wildman–Crippen LogP) is 5.19. The van der Waals surface area contributed by atoms with Crippen LogP contribution in [-0.2, 0) is 0 Å². The van der Waals surface area contributed by atoms with Crippen molar-refractivity contribution in [2.24, 2.45) is 0 Å². The van der Waals surface area contributed by atoms with Crippen molar-refractivity contribution in [1.29, 1.82) is 0 Å². The van der Waals surface area contributed by atoms with Gasteiger partial charge in [0, 0.05) is 11.9 Å². The number of anilines is 2. The summed E-state index contributed by atoms with van der Waals surface area (Å²) in [5, 5.41) is 5.95. The second kappa shape index (κ2) is 6.87. The molecule has 29 heavy (non-hydrogen) atoms. The van der Waals surface area contributed by atoms with Gasteiger partial charge in [-0.05, 0) is 52.6 Å². The van der Waals surface area contributed by atoms with Crippen LogP contribution in [0.2, 0.25) is 0 Å². The van der Waals surface area contributed by atoms with Gasteiger partial charge in [0.1, 0.15) is 0 Å². The van der Waals surface area contributed by atoms with Crippen molar-refractivity contribution in [3.05, 3.63) is 94.9 Å². The number of nitrogens with one attached hydrogen (secondary N) is 2. The fourth-order valence-corrected chi connectivity index (χ4v) is 3.56. The molecule has 0 atom stereocenters. The van der Waals surface area contributed by atoms with Crippen LogP contribution in [0.25, 0.3) is 32.9 Å². The van der Waals surface area contributed by atoms with Gasteiger partial charge in [-0.3, -0.25) is 9.78 Å². The number of hydrogen-bond donors (Lipinski definition) is 2. The number of para-hydroxylation sites is 1. The Morgan fingerprint density at radius 3 is 2.55 bits per heavy atom. The van der Waals surface area contributed by atoms with E-state index in [2.05, 4.69) is 44.5 Å². The smallest absolute Gasteiger partial charge is 0.262 e. The van der Waals surface area contributed by atoms with Gasteiger partial charge in [0.25, 0.3) is 5.56 Å². The zero-order valence-corrected chi connectivity index (χ0v) is 15.8. The highest BCUT2D eigenvalue weighted by molar-refractivity contribution is 5.96. The van der Waals surface area contributed by atoms with E-state index < -0.39 is 0 Å². The lowest BCUT2D eigenvalue weighted by Crippen LogP contribution is -2.13. The fourth-order valence-electron chi connectivity index (χ4n) is 3.56. The quantitative estimate of drug-likeness (QED) is 0.453. The maximum atomic E-state index is 13.0. The van der Waals surface area contributed by atoms with E-state index in [0.29, 0.717) is 17.0 Å². The van der Waals surface area contributed by atoms with Crippen LogP contribution in [0.1, 0.15) is 5.56 Å². The first-order valence-electron chi connectivity index (χ1n) is 9.40. The normalized spacial score (nSPS) is 11.1. The first-order valence-corrected chi connectivity index (χ1v) is 9.40. The van der Waals surface area contributed by atoms with Crippen molar-refractivity contribution in [2.75, 3.05) is 5.32 Å². The van der Waals surface area contributed by atoms with Crippen LogP contribution in [-0.4, -0.2) is 15.0 Å². The maximum Gasteiger partial charge on any atom is 0.262 e. The van der Waals surface area contributed by atoms with Crippen LogP contribution < -0.4 is 10.9 Å². The van der Waals surface area contributed by atoms with Crippen molar-refractivity contribution in [3.63, 3.8) is 0 Å². The van der Waals surface area contributed by atoms with Gasteiger partial charge in [0.15, 0.2) is 5.65 Å². The van der Waals surface area contributed by atoms with Gasteiger partial charge in [0.2, 0.25) is 5.95 Å². The molecular formula is C24H18N4O. The number of aromatic amines is 1. The molecule has 2 heterocycles. The van der Waals surface area contributed by atoms with Crippen molar-refractivity contribution < 1.29 is 0 Å². The third kappa shape index (κ3) is 3.12. The zero-order valence-electron chi connectivity index (χ0n) is 15.8. The minimum atomic E-state index is -0.220. The Balaban J connectivity index is 1.64. The van der Waals surface area contributed by atoms with Crippen molar-refractivity contribution >= 4 is 33.4 Å². The molecule has 0 bridgehead atoms. The monoisotopic (exact) mass is 378 g/mol. The summed E-state index contributed by atoms with van der Waals surface area (Å²) in [5.74, 6) is 0.375. The van der Waals surface area contributed by atoms with Gasteiger partial charge >= 0.3 is 0 Å². The highest BCUT2D eigenvalue weighted by Gasteiger charge is 2.12. The molecule has 0 fully saturated rings. The third-order valence-electron chi connectivity index (χ3n) is 5.07. The van der Waals surface area contributed by atoms with Crippen LogP contribution >= 0.6 is 0 Å². The van der Waals surface area contributed by atoms with E-state index in [1.54, 1.807) is 6.20 Å². The molecular weight excluding hydrogens is 360 g/mol. The van der Waals surface area contributed by atoms with Gasteiger partial charge in [-0.2, -0.15) is 4.98 Å². The molecule has 0 radical (unpaired) electrons. The number of rotatable bonds is 3. The Kier molecular flexibility index (Phi) is 4.06. The minimum absolute atomic E-state index is 0.220. The topological polar surface area (TPSA) is 70.7 Å². The lowest BCUT2D eigenvalue weighted by Gasteiger charge is -2.10. The maximum absolute atomic E-state index is 13.0. The number of H-pyrrole nitrogens is 1.